The predicted molar refractivity (Wildman–Crippen MR) is 84.6 cm³/mol. The van der Waals surface area contributed by atoms with Crippen molar-refractivity contribution in [1.29, 1.82) is 0 Å². The second-order valence-electron chi connectivity index (χ2n) is 6.42. The Labute approximate surface area is 144 Å². The van der Waals surface area contributed by atoms with Gasteiger partial charge < -0.3 is 15.9 Å². The number of carbonyl (C=O) groups is 3. The van der Waals surface area contributed by atoms with Crippen LogP contribution >= 0.6 is 0 Å². The van der Waals surface area contributed by atoms with Crippen molar-refractivity contribution in [1.82, 2.24) is 0 Å². The van der Waals surface area contributed by atoms with E-state index >= 15 is 0 Å². The number of fused-ring (bicyclic) bond motifs is 2. The normalized spacial score (nSPS) is 32.9. The van der Waals surface area contributed by atoms with Gasteiger partial charge in [-0.25, -0.2) is 0 Å². The first-order chi connectivity index (χ1) is 11.4. The number of carboxylic acid groups (broad SMARTS) is 2. The molecular weight excluding hydrogens is 354 g/mol. The van der Waals surface area contributed by atoms with E-state index in [-0.39, 0.29) is 12.8 Å². The van der Waals surface area contributed by atoms with Crippen LogP contribution in [0, 0.1) is 23.2 Å². The molecule has 5 atom stereocenters. The minimum Gasteiger partial charge on any atom is -0.481 e. The number of hydrogen-bond acceptors (Lipinski definition) is 6. The number of allylic oxidation sites excluding steroid dienone is 1. The quantitative estimate of drug-likeness (QED) is 0.387. The molecule has 2 rings (SSSR count). The van der Waals surface area contributed by atoms with Crippen LogP contribution in [-0.2, 0) is 28.7 Å². The molecule has 2 aliphatic rings. The molecule has 0 aromatic rings. The fourth-order valence-corrected chi connectivity index (χ4v) is 5.07. The average molecular weight is 373 g/mol. The number of rotatable bonds is 8. The summed E-state index contributed by atoms with van der Waals surface area (Å²) in [7, 11) is -4.23. The third-order valence-corrected chi connectivity index (χ3v) is 5.60. The number of amides is 1. The maximum absolute atomic E-state index is 12.3. The van der Waals surface area contributed by atoms with Crippen molar-refractivity contribution < 1.29 is 37.2 Å². The number of hydrogen-bond donors (Lipinski definition) is 3. The van der Waals surface area contributed by atoms with Crippen LogP contribution in [-0.4, -0.2) is 48.3 Å². The van der Waals surface area contributed by atoms with Crippen LogP contribution in [0.2, 0.25) is 0 Å². The number of primary amides is 1. The molecule has 1 fully saturated rings. The Morgan fingerprint density at radius 2 is 2.00 bits per heavy atom. The van der Waals surface area contributed by atoms with E-state index in [1.807, 2.05) is 0 Å². The highest BCUT2D eigenvalue weighted by Crippen LogP contribution is 2.63. The molecule has 1 saturated carbocycles. The maximum Gasteiger partial charge on any atom is 0.308 e. The zero-order chi connectivity index (χ0) is 19.2. The van der Waals surface area contributed by atoms with Gasteiger partial charge in [0.05, 0.1) is 18.1 Å². The third-order valence-electron chi connectivity index (χ3n) is 5.02. The van der Waals surface area contributed by atoms with Gasteiger partial charge in [-0.05, 0) is 12.3 Å². The molecule has 2 aliphatic carbocycles. The van der Waals surface area contributed by atoms with Gasteiger partial charge in [-0.1, -0.05) is 18.2 Å². The van der Waals surface area contributed by atoms with E-state index in [2.05, 4.69) is 6.58 Å². The lowest BCUT2D eigenvalue weighted by atomic mass is 9.62. The number of aliphatic carboxylic acids is 2. The van der Waals surface area contributed by atoms with E-state index in [9.17, 15) is 33.0 Å². The molecule has 4 N–H and O–H groups in total. The van der Waals surface area contributed by atoms with Gasteiger partial charge in [-0.15, -0.1) is 6.58 Å². The largest absolute Gasteiger partial charge is 0.481 e. The Kier molecular flexibility index (Phi) is 4.56. The molecule has 9 nitrogen and oxygen atoms in total. The van der Waals surface area contributed by atoms with Gasteiger partial charge in [0.2, 0.25) is 0 Å². The van der Waals surface area contributed by atoms with Crippen LogP contribution in [0.5, 0.6) is 0 Å². The van der Waals surface area contributed by atoms with Gasteiger partial charge >= 0.3 is 11.9 Å². The summed E-state index contributed by atoms with van der Waals surface area (Å²) in [4.78, 5) is 35.8. The fraction of sp³-hybridized carbons (Fsp3) is 0.533. The first kappa shape index (κ1) is 19.1. The summed E-state index contributed by atoms with van der Waals surface area (Å²) < 4.78 is 28.6. The van der Waals surface area contributed by atoms with Crippen molar-refractivity contribution >= 4 is 28.0 Å². The molecular formula is C15H19NO8S. The fourth-order valence-electron chi connectivity index (χ4n) is 4.25. The van der Waals surface area contributed by atoms with E-state index < -0.39 is 56.7 Å². The second-order valence-corrected chi connectivity index (χ2v) is 7.99. The summed E-state index contributed by atoms with van der Waals surface area (Å²) in [6.45, 7) is 3.46. The summed E-state index contributed by atoms with van der Waals surface area (Å²) in [5.74, 6) is -7.58. The molecule has 0 heterocycles. The zero-order valence-electron chi connectivity index (χ0n) is 13.4. The molecule has 0 aliphatic heterocycles. The van der Waals surface area contributed by atoms with Crippen molar-refractivity contribution in [2.24, 2.45) is 28.9 Å². The van der Waals surface area contributed by atoms with Crippen molar-refractivity contribution in [3.63, 3.8) is 0 Å². The summed E-state index contributed by atoms with van der Waals surface area (Å²) in [6.07, 6.45) is 4.27. The highest BCUT2D eigenvalue weighted by molar-refractivity contribution is 7.86. The molecule has 2 bridgehead atoms. The molecule has 0 radical (unpaired) electrons. The van der Waals surface area contributed by atoms with Crippen LogP contribution in [0.1, 0.15) is 12.8 Å². The predicted octanol–water partition coefficient (Wildman–Crippen LogP) is -0.259. The van der Waals surface area contributed by atoms with Crippen LogP contribution < -0.4 is 5.73 Å². The standard InChI is InChI=1S/C15H19NO8S/c1-3-5-15(13(16)21,24-25(2,22)23)14-6-4-8(7-14)9(11(17)18)10(14)12(19)20/h3-4,6,8-10H,1,5,7H2,2H3,(H2,16,21)(H,17,18)(H,19,20). The molecule has 10 heteroatoms. The van der Waals surface area contributed by atoms with Crippen LogP contribution in [0.3, 0.4) is 0 Å². The smallest absolute Gasteiger partial charge is 0.308 e. The lowest BCUT2D eigenvalue weighted by Crippen LogP contribution is -2.61. The van der Waals surface area contributed by atoms with Crippen molar-refractivity contribution in [3.8, 4) is 0 Å². The van der Waals surface area contributed by atoms with E-state index in [1.54, 1.807) is 0 Å². The van der Waals surface area contributed by atoms with Crippen LogP contribution in [0.15, 0.2) is 24.8 Å². The highest BCUT2D eigenvalue weighted by Gasteiger charge is 2.71. The Hall–Kier alpha value is -2.20. The molecule has 0 aromatic carbocycles. The summed E-state index contributed by atoms with van der Waals surface area (Å²) >= 11 is 0. The first-order valence-electron chi connectivity index (χ1n) is 7.38. The number of carbonyl (C=O) groups excluding carboxylic acids is 1. The topological polar surface area (TPSA) is 161 Å². The summed E-state index contributed by atoms with van der Waals surface area (Å²) in [5, 5.41) is 19.1. The Morgan fingerprint density at radius 1 is 1.40 bits per heavy atom. The highest BCUT2D eigenvalue weighted by atomic mass is 32.2. The number of carboxylic acids is 2. The molecule has 25 heavy (non-hydrogen) atoms. The molecule has 5 unspecified atom stereocenters. The molecule has 0 spiro atoms. The van der Waals surface area contributed by atoms with E-state index in [0.717, 1.165) is 0 Å². The Bertz CT molecular complexity index is 772. The molecule has 1 amide bonds. The maximum atomic E-state index is 12.3. The van der Waals surface area contributed by atoms with Crippen LogP contribution in [0.4, 0.5) is 0 Å². The minimum atomic E-state index is -4.23. The average Bonchev–Trinajstić information content (AvgIpc) is 3.02. The Balaban J connectivity index is 2.76. The van der Waals surface area contributed by atoms with E-state index in [4.69, 9.17) is 9.92 Å². The minimum absolute atomic E-state index is 0.0762. The second kappa shape index (κ2) is 5.95. The first-order valence-corrected chi connectivity index (χ1v) is 9.20. The van der Waals surface area contributed by atoms with Gasteiger partial charge in [0.15, 0.2) is 5.60 Å². The number of nitrogens with two attached hydrogens (primary N) is 1. The zero-order valence-corrected chi connectivity index (χ0v) is 14.2. The summed E-state index contributed by atoms with van der Waals surface area (Å²) in [6, 6.07) is 0. The molecule has 0 aromatic heterocycles. The van der Waals surface area contributed by atoms with Crippen molar-refractivity contribution in [2.45, 2.75) is 18.4 Å². The van der Waals surface area contributed by atoms with E-state index in [1.165, 1.54) is 18.2 Å². The van der Waals surface area contributed by atoms with Gasteiger partial charge in [0, 0.05) is 11.8 Å². The Morgan fingerprint density at radius 3 is 2.40 bits per heavy atom. The van der Waals surface area contributed by atoms with E-state index in [0.29, 0.717) is 6.26 Å². The van der Waals surface area contributed by atoms with Gasteiger partial charge in [-0.3, -0.25) is 18.6 Å². The van der Waals surface area contributed by atoms with Gasteiger partial charge in [-0.2, -0.15) is 8.42 Å². The summed E-state index contributed by atoms with van der Waals surface area (Å²) in [5.41, 5.74) is 1.47. The van der Waals surface area contributed by atoms with Crippen molar-refractivity contribution in [2.75, 3.05) is 6.26 Å². The monoisotopic (exact) mass is 373 g/mol. The van der Waals surface area contributed by atoms with Crippen LogP contribution in [0.25, 0.3) is 0 Å². The van der Waals surface area contributed by atoms with Gasteiger partial charge in [0.25, 0.3) is 16.0 Å². The lowest BCUT2D eigenvalue weighted by molar-refractivity contribution is -0.165. The third kappa shape index (κ3) is 2.74. The lowest BCUT2D eigenvalue weighted by Gasteiger charge is -2.45. The molecule has 138 valence electrons. The van der Waals surface area contributed by atoms with Gasteiger partial charge in [0.1, 0.15) is 0 Å². The van der Waals surface area contributed by atoms with Crippen molar-refractivity contribution in [3.05, 3.63) is 24.8 Å². The SMILES string of the molecule is C=CCC(OS(C)(=O)=O)(C(N)=O)C12C=CC(C1)C(C(=O)O)C2C(=O)O. The molecule has 0 saturated heterocycles.